The lowest BCUT2D eigenvalue weighted by atomic mass is 9.88. The number of aromatic nitrogens is 1. The smallest absolute Gasteiger partial charge is 0.124 e. The molecule has 0 aliphatic heterocycles. The van der Waals surface area contributed by atoms with Crippen molar-refractivity contribution in [1.29, 1.82) is 10.7 Å². The monoisotopic (exact) mass is 408 g/mol. The van der Waals surface area contributed by atoms with Crippen molar-refractivity contribution in [2.24, 2.45) is 0 Å². The van der Waals surface area contributed by atoms with Crippen molar-refractivity contribution in [3.05, 3.63) is 94.4 Å². The number of pyridine rings is 1. The highest BCUT2D eigenvalue weighted by molar-refractivity contribution is 5.86. The summed E-state index contributed by atoms with van der Waals surface area (Å²) in [6, 6.07) is 17.7. The standard InChI is InChI=1S/C26H24N4O/c1-18-13-19(9-11-29-18)10-12-30-25-15-23(7-6-22(25)17-28)31-26-4-2-3-21-14-20(16-27)5-8-24(21)26/h5-15,17,26,28,30H,2-4H2,1H3/b12-10+,28-17?. The van der Waals surface area contributed by atoms with Crippen molar-refractivity contribution < 1.29 is 4.74 Å². The van der Waals surface area contributed by atoms with E-state index in [0.29, 0.717) is 5.56 Å². The lowest BCUT2D eigenvalue weighted by Gasteiger charge is -2.27. The van der Waals surface area contributed by atoms with E-state index in [2.05, 4.69) is 16.4 Å². The molecule has 5 nitrogen and oxygen atoms in total. The third-order valence-electron chi connectivity index (χ3n) is 5.43. The maximum atomic E-state index is 9.16. The summed E-state index contributed by atoms with van der Waals surface area (Å²) in [5.74, 6) is 0.753. The molecular formula is C26H24N4O. The number of aryl methyl sites for hydroxylation is 2. The molecule has 1 aliphatic rings. The van der Waals surface area contributed by atoms with Crippen LogP contribution in [-0.2, 0) is 6.42 Å². The molecule has 1 aliphatic carbocycles. The van der Waals surface area contributed by atoms with Crippen LogP contribution in [0.5, 0.6) is 5.75 Å². The van der Waals surface area contributed by atoms with E-state index >= 15 is 0 Å². The van der Waals surface area contributed by atoms with E-state index in [9.17, 15) is 0 Å². The zero-order valence-corrected chi connectivity index (χ0v) is 17.4. The molecule has 0 radical (unpaired) electrons. The summed E-state index contributed by atoms with van der Waals surface area (Å²) in [5.41, 5.74) is 6.66. The lowest BCUT2D eigenvalue weighted by Crippen LogP contribution is -2.15. The second-order valence-corrected chi connectivity index (χ2v) is 7.63. The molecule has 31 heavy (non-hydrogen) atoms. The Morgan fingerprint density at radius 2 is 2.10 bits per heavy atom. The number of rotatable bonds is 6. The van der Waals surface area contributed by atoms with Gasteiger partial charge in [-0.2, -0.15) is 5.26 Å². The van der Waals surface area contributed by atoms with Crippen LogP contribution in [0.15, 0.2) is 60.9 Å². The van der Waals surface area contributed by atoms with Gasteiger partial charge in [-0.25, -0.2) is 0 Å². The van der Waals surface area contributed by atoms with Gasteiger partial charge in [0.1, 0.15) is 11.9 Å². The van der Waals surface area contributed by atoms with Crippen molar-refractivity contribution in [2.75, 3.05) is 5.32 Å². The van der Waals surface area contributed by atoms with E-state index in [-0.39, 0.29) is 6.10 Å². The molecular weight excluding hydrogens is 384 g/mol. The number of fused-ring (bicyclic) bond motifs is 1. The van der Waals surface area contributed by atoms with E-state index in [4.69, 9.17) is 15.4 Å². The number of hydrogen-bond acceptors (Lipinski definition) is 5. The Morgan fingerprint density at radius 3 is 2.90 bits per heavy atom. The van der Waals surface area contributed by atoms with Gasteiger partial charge in [-0.05, 0) is 85.4 Å². The first-order valence-electron chi connectivity index (χ1n) is 10.4. The third-order valence-corrected chi connectivity index (χ3v) is 5.43. The summed E-state index contributed by atoms with van der Waals surface area (Å²) in [4.78, 5) is 4.21. The van der Waals surface area contributed by atoms with Crippen molar-refractivity contribution in [2.45, 2.75) is 32.3 Å². The molecule has 4 rings (SSSR count). The normalized spacial score (nSPS) is 15.2. The average Bonchev–Trinajstić information content (AvgIpc) is 2.79. The Balaban J connectivity index is 1.53. The maximum absolute atomic E-state index is 9.16. The minimum absolute atomic E-state index is 0.0366. The Bertz CT molecular complexity index is 1180. The molecule has 0 spiro atoms. The predicted octanol–water partition coefficient (Wildman–Crippen LogP) is 5.80. The molecule has 1 aromatic heterocycles. The second-order valence-electron chi connectivity index (χ2n) is 7.63. The number of nitrogens with zero attached hydrogens (tertiary/aromatic N) is 2. The van der Waals surface area contributed by atoms with Crippen molar-refractivity contribution in [3.63, 3.8) is 0 Å². The second kappa shape index (κ2) is 9.27. The molecule has 2 N–H and O–H groups in total. The minimum atomic E-state index is -0.0366. The van der Waals surface area contributed by atoms with Crippen molar-refractivity contribution >= 4 is 18.0 Å². The van der Waals surface area contributed by atoms with E-state index in [1.54, 1.807) is 6.20 Å². The number of benzene rings is 2. The van der Waals surface area contributed by atoms with Crippen LogP contribution in [0.1, 0.15) is 52.5 Å². The van der Waals surface area contributed by atoms with Gasteiger partial charge >= 0.3 is 0 Å². The van der Waals surface area contributed by atoms with Crippen LogP contribution in [0.3, 0.4) is 0 Å². The zero-order valence-electron chi connectivity index (χ0n) is 17.4. The number of ether oxygens (including phenoxy) is 1. The first-order valence-corrected chi connectivity index (χ1v) is 10.4. The number of nitriles is 1. The fourth-order valence-corrected chi connectivity index (χ4v) is 3.88. The Kier molecular flexibility index (Phi) is 6.09. The van der Waals surface area contributed by atoms with Gasteiger partial charge in [-0.15, -0.1) is 0 Å². The fourth-order valence-electron chi connectivity index (χ4n) is 3.88. The van der Waals surface area contributed by atoms with Crippen LogP contribution in [0.25, 0.3) is 6.08 Å². The molecule has 0 amide bonds. The quantitative estimate of drug-likeness (QED) is 0.505. The Labute approximate surface area is 182 Å². The summed E-state index contributed by atoms with van der Waals surface area (Å²) < 4.78 is 6.35. The SMILES string of the molecule is Cc1cc(/C=C/Nc2cc(OC3CCCc4cc(C#N)ccc43)ccc2C=N)ccn1. The number of anilines is 1. The van der Waals surface area contributed by atoms with Crippen molar-refractivity contribution in [1.82, 2.24) is 4.98 Å². The fraction of sp³-hybridized carbons (Fsp3) is 0.192. The van der Waals surface area contributed by atoms with E-state index < -0.39 is 0 Å². The van der Waals surface area contributed by atoms with Gasteiger partial charge in [0.2, 0.25) is 0 Å². The molecule has 0 bridgehead atoms. The van der Waals surface area contributed by atoms with Crippen LogP contribution in [-0.4, -0.2) is 11.2 Å². The van der Waals surface area contributed by atoms with Crippen LogP contribution < -0.4 is 10.1 Å². The first-order chi connectivity index (χ1) is 15.2. The molecule has 154 valence electrons. The molecule has 0 fully saturated rings. The number of hydrogen-bond donors (Lipinski definition) is 2. The molecule has 3 aromatic rings. The van der Waals surface area contributed by atoms with Crippen LogP contribution >= 0.6 is 0 Å². The van der Waals surface area contributed by atoms with Crippen LogP contribution in [0, 0.1) is 23.7 Å². The number of nitrogens with one attached hydrogen (secondary N) is 2. The molecule has 0 saturated carbocycles. The van der Waals surface area contributed by atoms with Gasteiger partial charge in [0, 0.05) is 35.9 Å². The molecule has 2 aromatic carbocycles. The zero-order chi connectivity index (χ0) is 21.6. The molecule has 1 heterocycles. The first kappa shape index (κ1) is 20.4. The van der Waals surface area contributed by atoms with Gasteiger partial charge in [0.05, 0.1) is 17.3 Å². The lowest BCUT2D eigenvalue weighted by molar-refractivity contribution is 0.183. The van der Waals surface area contributed by atoms with Crippen LogP contribution in [0.4, 0.5) is 5.69 Å². The topological polar surface area (TPSA) is 81.8 Å². The van der Waals surface area contributed by atoms with Gasteiger partial charge in [-0.1, -0.05) is 6.07 Å². The average molecular weight is 409 g/mol. The molecule has 1 atom stereocenters. The van der Waals surface area contributed by atoms with E-state index in [1.165, 1.54) is 11.8 Å². The summed E-state index contributed by atoms with van der Waals surface area (Å²) in [6.07, 6.45) is 9.86. The van der Waals surface area contributed by atoms with Gasteiger partial charge < -0.3 is 15.5 Å². The highest BCUT2D eigenvalue weighted by atomic mass is 16.5. The summed E-state index contributed by atoms with van der Waals surface area (Å²) >= 11 is 0. The molecule has 1 unspecified atom stereocenters. The van der Waals surface area contributed by atoms with E-state index in [0.717, 1.165) is 53.1 Å². The molecule has 0 saturated heterocycles. The predicted molar refractivity (Wildman–Crippen MR) is 123 cm³/mol. The van der Waals surface area contributed by atoms with Crippen molar-refractivity contribution in [3.8, 4) is 11.8 Å². The maximum Gasteiger partial charge on any atom is 0.124 e. The third kappa shape index (κ3) is 4.81. The molecule has 5 heteroatoms. The Hall–Kier alpha value is -3.91. The highest BCUT2D eigenvalue weighted by Gasteiger charge is 2.22. The van der Waals surface area contributed by atoms with Gasteiger partial charge in [-0.3, -0.25) is 4.98 Å². The van der Waals surface area contributed by atoms with Gasteiger partial charge in [0.25, 0.3) is 0 Å². The van der Waals surface area contributed by atoms with Crippen LogP contribution in [0.2, 0.25) is 0 Å². The van der Waals surface area contributed by atoms with Gasteiger partial charge in [0.15, 0.2) is 0 Å². The minimum Gasteiger partial charge on any atom is -0.486 e. The summed E-state index contributed by atoms with van der Waals surface area (Å²) in [6.45, 7) is 1.96. The summed E-state index contributed by atoms with van der Waals surface area (Å²) in [5, 5.41) is 20.1. The largest absolute Gasteiger partial charge is 0.486 e. The Morgan fingerprint density at radius 1 is 1.19 bits per heavy atom. The van der Waals surface area contributed by atoms with E-state index in [1.807, 2.05) is 67.7 Å². The highest BCUT2D eigenvalue weighted by Crippen LogP contribution is 2.35. The summed E-state index contributed by atoms with van der Waals surface area (Å²) in [7, 11) is 0.